The fourth-order valence-electron chi connectivity index (χ4n) is 4.32. The number of carbonyl (C=O) groups is 1. The lowest BCUT2D eigenvalue weighted by atomic mass is 9.90. The number of aromatic nitrogens is 2. The Morgan fingerprint density at radius 3 is 2.64 bits per heavy atom. The predicted octanol–water partition coefficient (Wildman–Crippen LogP) is 3.33. The van der Waals surface area contributed by atoms with Crippen LogP contribution in [0.5, 0.6) is 5.75 Å². The van der Waals surface area contributed by atoms with Crippen molar-refractivity contribution in [3.8, 4) is 17.0 Å². The van der Waals surface area contributed by atoms with Gasteiger partial charge in [-0.25, -0.2) is 22.5 Å². The number of methoxy groups -OCH3 is 1. The minimum absolute atomic E-state index is 0.00669. The van der Waals surface area contributed by atoms with E-state index in [9.17, 15) is 22.4 Å². The molecule has 36 heavy (non-hydrogen) atoms. The number of aromatic amines is 1. The van der Waals surface area contributed by atoms with E-state index >= 15 is 0 Å². The van der Waals surface area contributed by atoms with Crippen LogP contribution in [0.4, 0.5) is 10.2 Å². The number of H-pyrrole nitrogens is 1. The first-order valence-electron chi connectivity index (χ1n) is 11.3. The van der Waals surface area contributed by atoms with Crippen molar-refractivity contribution in [3.63, 3.8) is 0 Å². The van der Waals surface area contributed by atoms with E-state index in [4.69, 9.17) is 9.72 Å². The highest BCUT2D eigenvalue weighted by Gasteiger charge is 2.41. The number of hydrogen-bond acceptors (Lipinski definition) is 7. The third-order valence-corrected chi connectivity index (χ3v) is 8.15. The first-order chi connectivity index (χ1) is 17.0. The average molecular weight is 515 g/mol. The molecular formula is C25H27FN4O5S. The molecule has 0 bridgehead atoms. The summed E-state index contributed by atoms with van der Waals surface area (Å²) in [6, 6.07) is 9.45. The minimum Gasteiger partial charge on any atom is -0.496 e. The molecule has 190 valence electrons. The molecule has 0 saturated carbocycles. The van der Waals surface area contributed by atoms with Gasteiger partial charge in [0.1, 0.15) is 17.4 Å². The van der Waals surface area contributed by atoms with Crippen LogP contribution >= 0.6 is 0 Å². The monoisotopic (exact) mass is 514 g/mol. The molecule has 11 heteroatoms. The summed E-state index contributed by atoms with van der Waals surface area (Å²) in [5.41, 5.74) is -0.497. The van der Waals surface area contributed by atoms with Crippen LogP contribution in [0.25, 0.3) is 11.3 Å². The number of anilines is 1. The maximum atomic E-state index is 14.1. The molecule has 0 spiro atoms. The highest BCUT2D eigenvalue weighted by atomic mass is 32.2. The largest absolute Gasteiger partial charge is 0.496 e. The van der Waals surface area contributed by atoms with Crippen LogP contribution in [0, 0.1) is 11.7 Å². The number of amides is 1. The summed E-state index contributed by atoms with van der Waals surface area (Å²) in [5.74, 6) is -0.511. The van der Waals surface area contributed by atoms with Crippen LogP contribution in [-0.2, 0) is 10.0 Å². The van der Waals surface area contributed by atoms with Gasteiger partial charge in [-0.1, -0.05) is 6.92 Å². The smallest absolute Gasteiger partial charge is 0.269 e. The second-order valence-corrected chi connectivity index (χ2v) is 10.9. The molecule has 1 aromatic carbocycles. The van der Waals surface area contributed by atoms with E-state index in [1.54, 1.807) is 0 Å². The third kappa shape index (κ3) is 4.58. The van der Waals surface area contributed by atoms with Gasteiger partial charge >= 0.3 is 0 Å². The molecule has 1 aliphatic heterocycles. The van der Waals surface area contributed by atoms with E-state index < -0.39 is 37.7 Å². The first kappa shape index (κ1) is 25.4. The van der Waals surface area contributed by atoms with Crippen LogP contribution < -0.4 is 19.9 Å². The summed E-state index contributed by atoms with van der Waals surface area (Å²) in [6.45, 7) is 6.70. The topological polar surface area (TPSA) is 121 Å². The zero-order valence-electron chi connectivity index (χ0n) is 20.3. The van der Waals surface area contributed by atoms with Crippen LogP contribution in [0.1, 0.15) is 37.6 Å². The number of nitrogens with zero attached hydrogens (tertiary/aromatic N) is 2. The molecule has 1 aliphatic rings. The molecule has 2 N–H and O–H groups in total. The highest BCUT2D eigenvalue weighted by molar-refractivity contribution is 7.90. The van der Waals surface area contributed by atoms with Crippen LogP contribution in [0.2, 0.25) is 0 Å². The van der Waals surface area contributed by atoms with Crippen molar-refractivity contribution in [2.24, 2.45) is 5.92 Å². The lowest BCUT2D eigenvalue weighted by Gasteiger charge is -2.36. The SMILES string of the molecule is COc1ccc(F)cc1-c1ccc(C(=O)NS(=O)(=O)c2ccc[nH]c2=O)c(N2CCC(C)C2(C)C)n1. The second-order valence-electron chi connectivity index (χ2n) is 9.21. The third-order valence-electron chi connectivity index (χ3n) is 6.80. The van der Waals surface area contributed by atoms with Crippen LogP contribution in [0.3, 0.4) is 0 Å². The maximum absolute atomic E-state index is 14.1. The Kier molecular flexibility index (Phi) is 6.61. The molecule has 1 saturated heterocycles. The van der Waals surface area contributed by atoms with Gasteiger partial charge < -0.3 is 14.6 Å². The van der Waals surface area contributed by atoms with Gasteiger partial charge in [-0.3, -0.25) is 9.59 Å². The van der Waals surface area contributed by atoms with Gasteiger partial charge in [0.25, 0.3) is 21.5 Å². The van der Waals surface area contributed by atoms with Crippen LogP contribution in [-0.4, -0.2) is 43.5 Å². The lowest BCUT2D eigenvalue weighted by Crippen LogP contribution is -2.44. The van der Waals surface area contributed by atoms with Crippen molar-refractivity contribution >= 4 is 21.7 Å². The molecule has 1 fully saturated rings. The Hall–Kier alpha value is -3.73. The molecule has 3 aromatic rings. The number of sulfonamides is 1. The Balaban J connectivity index is 1.83. The molecule has 1 unspecified atom stereocenters. The molecule has 9 nitrogen and oxygen atoms in total. The number of nitrogens with one attached hydrogen (secondary N) is 2. The van der Waals surface area contributed by atoms with Crippen molar-refractivity contribution in [2.75, 3.05) is 18.6 Å². The summed E-state index contributed by atoms with van der Waals surface area (Å²) >= 11 is 0. The predicted molar refractivity (Wildman–Crippen MR) is 133 cm³/mol. The Labute approximate surface area is 208 Å². The summed E-state index contributed by atoms with van der Waals surface area (Å²) in [6.07, 6.45) is 2.13. The maximum Gasteiger partial charge on any atom is 0.269 e. The Bertz CT molecular complexity index is 1490. The van der Waals surface area contributed by atoms with Crippen molar-refractivity contribution in [3.05, 3.63) is 70.4 Å². The molecule has 0 radical (unpaired) electrons. The first-order valence-corrected chi connectivity index (χ1v) is 12.8. The number of hydrogen-bond donors (Lipinski definition) is 2. The minimum atomic E-state index is -4.46. The van der Waals surface area contributed by atoms with E-state index in [0.717, 1.165) is 12.5 Å². The van der Waals surface area contributed by atoms with E-state index in [0.29, 0.717) is 23.6 Å². The molecule has 4 rings (SSSR count). The number of rotatable bonds is 6. The average Bonchev–Trinajstić information content (AvgIpc) is 3.10. The standard InChI is InChI=1S/C25H27FN4O5S/c1-15-11-13-30(25(15,2)3)22-17(23(31)29-36(33,34)21-6-5-12-27-24(21)32)8-9-19(28-22)18-14-16(26)7-10-20(18)35-4/h5-10,12,14-15H,11,13H2,1-4H3,(H,27,32)(H,29,31). The van der Waals surface area contributed by atoms with Gasteiger partial charge in [-0.15, -0.1) is 0 Å². The molecule has 3 heterocycles. The fraction of sp³-hybridized carbons (Fsp3) is 0.320. The van der Waals surface area contributed by atoms with E-state index in [1.165, 1.54) is 49.7 Å². The zero-order chi connectivity index (χ0) is 26.3. The van der Waals surface area contributed by atoms with E-state index in [-0.39, 0.29) is 17.3 Å². The Morgan fingerprint density at radius 2 is 2.00 bits per heavy atom. The van der Waals surface area contributed by atoms with Gasteiger partial charge in [0.05, 0.1) is 18.4 Å². The normalized spacial score (nSPS) is 17.1. The number of ether oxygens (including phenoxy) is 1. The summed E-state index contributed by atoms with van der Waals surface area (Å²) in [4.78, 5) is 33.7. The fourth-order valence-corrected chi connectivity index (χ4v) is 5.35. The molecule has 1 atom stereocenters. The number of halogens is 1. The van der Waals surface area contributed by atoms with Crippen molar-refractivity contribution in [2.45, 2.75) is 37.6 Å². The summed E-state index contributed by atoms with van der Waals surface area (Å²) in [5, 5.41) is 0. The number of pyridine rings is 2. The quantitative estimate of drug-likeness (QED) is 0.518. The molecule has 2 aromatic heterocycles. The summed E-state index contributed by atoms with van der Waals surface area (Å²) in [7, 11) is -3.00. The van der Waals surface area contributed by atoms with Crippen molar-refractivity contribution < 1.29 is 22.3 Å². The zero-order valence-corrected chi connectivity index (χ0v) is 21.1. The van der Waals surface area contributed by atoms with E-state index in [1.807, 2.05) is 23.5 Å². The highest BCUT2D eigenvalue weighted by Crippen LogP contribution is 2.40. The Morgan fingerprint density at radius 1 is 1.25 bits per heavy atom. The lowest BCUT2D eigenvalue weighted by molar-refractivity contribution is 0.0981. The number of benzene rings is 1. The van der Waals surface area contributed by atoms with Gasteiger partial charge in [0, 0.05) is 23.8 Å². The van der Waals surface area contributed by atoms with Gasteiger partial charge in [0.2, 0.25) is 0 Å². The van der Waals surface area contributed by atoms with Crippen molar-refractivity contribution in [1.29, 1.82) is 0 Å². The van der Waals surface area contributed by atoms with E-state index in [2.05, 4.69) is 11.9 Å². The molecule has 1 amide bonds. The number of carbonyl (C=O) groups excluding carboxylic acids is 1. The van der Waals surface area contributed by atoms with Gasteiger partial charge in [-0.2, -0.15) is 0 Å². The second kappa shape index (κ2) is 9.38. The van der Waals surface area contributed by atoms with Gasteiger partial charge in [-0.05, 0) is 68.7 Å². The van der Waals surface area contributed by atoms with Crippen molar-refractivity contribution in [1.82, 2.24) is 14.7 Å². The molecule has 0 aliphatic carbocycles. The summed E-state index contributed by atoms with van der Waals surface area (Å²) < 4.78 is 47.1. The van der Waals surface area contributed by atoms with Gasteiger partial charge in [0.15, 0.2) is 4.90 Å². The van der Waals surface area contributed by atoms with Crippen LogP contribution in [0.15, 0.2) is 58.4 Å². The molecular weight excluding hydrogens is 487 g/mol.